The molecule has 2 aliphatic rings. The Kier molecular flexibility index (Phi) is 4.79. The fourth-order valence-corrected chi connectivity index (χ4v) is 4.15. The number of rotatable bonds is 4. The highest BCUT2D eigenvalue weighted by atomic mass is 16.5. The highest BCUT2D eigenvalue weighted by Gasteiger charge is 2.53. The summed E-state index contributed by atoms with van der Waals surface area (Å²) in [6.07, 6.45) is 2.60. The molecule has 2 aromatic carbocycles. The number of ether oxygens (including phenoxy) is 2. The predicted octanol–water partition coefficient (Wildman–Crippen LogP) is 4.01. The predicted molar refractivity (Wildman–Crippen MR) is 99.6 cm³/mol. The van der Waals surface area contributed by atoms with Gasteiger partial charge in [0, 0.05) is 12.0 Å². The smallest absolute Gasteiger partial charge is 0.256 e. The van der Waals surface area contributed by atoms with Crippen LogP contribution in [0.25, 0.3) is 0 Å². The third-order valence-corrected chi connectivity index (χ3v) is 5.44. The third kappa shape index (κ3) is 3.27. The van der Waals surface area contributed by atoms with E-state index in [1.165, 1.54) is 5.56 Å². The molecule has 26 heavy (non-hydrogen) atoms. The normalized spacial score (nSPS) is 28.0. The number of hydrogen-bond acceptors (Lipinski definition) is 3. The molecule has 1 heterocycles. The van der Waals surface area contributed by atoms with Gasteiger partial charge in [0.1, 0.15) is 5.72 Å². The van der Waals surface area contributed by atoms with Crippen LogP contribution in [0, 0.1) is 0 Å². The first-order valence-electron chi connectivity index (χ1n) is 9.36. The van der Waals surface area contributed by atoms with Crippen LogP contribution < -0.4 is 0 Å². The fourth-order valence-electron chi connectivity index (χ4n) is 4.15. The summed E-state index contributed by atoms with van der Waals surface area (Å²) < 4.78 is 12.3. The lowest BCUT2D eigenvalue weighted by molar-refractivity contribution is -0.0769. The molecule has 1 aliphatic carbocycles. The van der Waals surface area contributed by atoms with Gasteiger partial charge in [-0.1, -0.05) is 48.5 Å². The van der Waals surface area contributed by atoms with E-state index < -0.39 is 5.72 Å². The monoisotopic (exact) mass is 351 g/mol. The average Bonchev–Trinajstić information content (AvgIpc) is 3.24. The summed E-state index contributed by atoms with van der Waals surface area (Å²) in [4.78, 5) is 15.1. The Morgan fingerprint density at radius 1 is 1.15 bits per heavy atom. The maximum Gasteiger partial charge on any atom is 0.256 e. The average molecular weight is 351 g/mol. The van der Waals surface area contributed by atoms with Crippen LogP contribution in [0.2, 0.25) is 0 Å². The Bertz CT molecular complexity index is 748. The molecule has 1 aliphatic heterocycles. The van der Waals surface area contributed by atoms with E-state index in [1.54, 1.807) is 0 Å². The number of nitrogens with zero attached hydrogens (tertiary/aromatic N) is 1. The lowest BCUT2D eigenvalue weighted by Crippen LogP contribution is -2.49. The van der Waals surface area contributed by atoms with Crippen molar-refractivity contribution in [1.29, 1.82) is 0 Å². The maximum absolute atomic E-state index is 13.1. The first kappa shape index (κ1) is 17.3. The number of hydrogen-bond donors (Lipinski definition) is 0. The van der Waals surface area contributed by atoms with E-state index in [-0.39, 0.29) is 18.1 Å². The van der Waals surface area contributed by atoms with Crippen molar-refractivity contribution in [2.45, 2.75) is 50.7 Å². The molecular formula is C22H25NO3. The van der Waals surface area contributed by atoms with E-state index in [1.807, 2.05) is 53.4 Å². The van der Waals surface area contributed by atoms with E-state index in [4.69, 9.17) is 9.47 Å². The topological polar surface area (TPSA) is 38.8 Å². The summed E-state index contributed by atoms with van der Waals surface area (Å²) >= 11 is 0. The van der Waals surface area contributed by atoms with Crippen LogP contribution in [0.5, 0.6) is 0 Å². The molecule has 0 unspecified atom stereocenters. The van der Waals surface area contributed by atoms with Gasteiger partial charge in [0.05, 0.1) is 25.4 Å². The minimum absolute atomic E-state index is 0.0549. The first-order chi connectivity index (χ1) is 12.7. The van der Waals surface area contributed by atoms with Gasteiger partial charge in [-0.2, -0.15) is 0 Å². The minimum atomic E-state index is -0.520. The van der Waals surface area contributed by atoms with Gasteiger partial charge >= 0.3 is 0 Å². The summed E-state index contributed by atoms with van der Waals surface area (Å²) in [6, 6.07) is 19.8. The molecule has 3 atom stereocenters. The number of amides is 1. The van der Waals surface area contributed by atoms with Gasteiger partial charge in [-0.25, -0.2) is 0 Å². The van der Waals surface area contributed by atoms with Crippen molar-refractivity contribution in [2.24, 2.45) is 0 Å². The Morgan fingerprint density at radius 2 is 1.85 bits per heavy atom. The Morgan fingerprint density at radius 3 is 2.58 bits per heavy atom. The summed E-state index contributed by atoms with van der Waals surface area (Å²) in [5.41, 5.74) is 1.37. The largest absolute Gasteiger partial charge is 0.373 e. The molecule has 1 saturated carbocycles. The fraction of sp³-hybridized carbons (Fsp3) is 0.409. The Hall–Kier alpha value is -2.17. The minimum Gasteiger partial charge on any atom is -0.373 e. The quantitative estimate of drug-likeness (QED) is 0.835. The van der Waals surface area contributed by atoms with Crippen molar-refractivity contribution in [3.63, 3.8) is 0 Å². The molecule has 1 spiro atoms. The van der Waals surface area contributed by atoms with E-state index in [9.17, 15) is 4.79 Å². The summed E-state index contributed by atoms with van der Waals surface area (Å²) in [5.74, 6) is 0.0549. The van der Waals surface area contributed by atoms with E-state index in [2.05, 4.69) is 19.1 Å². The highest BCUT2D eigenvalue weighted by Crippen LogP contribution is 2.43. The van der Waals surface area contributed by atoms with Crippen molar-refractivity contribution >= 4 is 5.91 Å². The molecule has 4 rings (SSSR count). The molecule has 4 nitrogen and oxygen atoms in total. The summed E-state index contributed by atoms with van der Waals surface area (Å²) in [7, 11) is 0. The zero-order valence-electron chi connectivity index (χ0n) is 15.1. The third-order valence-electron chi connectivity index (χ3n) is 5.44. The SMILES string of the molecule is C[C@@H]1CO[C@]2(CC[C@@H](OCc3ccccc3)C2)N1C(=O)c1ccccc1. The molecule has 0 radical (unpaired) electrons. The van der Waals surface area contributed by atoms with Crippen LogP contribution in [0.15, 0.2) is 60.7 Å². The number of carbonyl (C=O) groups excluding carboxylic acids is 1. The Labute approximate surface area is 154 Å². The van der Waals surface area contributed by atoms with Gasteiger partial charge in [-0.3, -0.25) is 4.79 Å². The van der Waals surface area contributed by atoms with Crippen molar-refractivity contribution in [1.82, 2.24) is 4.90 Å². The highest BCUT2D eigenvalue weighted by molar-refractivity contribution is 5.95. The molecule has 2 aromatic rings. The van der Waals surface area contributed by atoms with E-state index in [0.717, 1.165) is 24.8 Å². The molecule has 4 heteroatoms. The van der Waals surface area contributed by atoms with Crippen molar-refractivity contribution < 1.29 is 14.3 Å². The molecule has 1 amide bonds. The summed E-state index contributed by atoms with van der Waals surface area (Å²) in [5, 5.41) is 0. The van der Waals surface area contributed by atoms with Crippen LogP contribution in [0.1, 0.15) is 42.1 Å². The van der Waals surface area contributed by atoms with Crippen molar-refractivity contribution in [3.8, 4) is 0 Å². The molecule has 2 fully saturated rings. The first-order valence-corrected chi connectivity index (χ1v) is 9.36. The lowest BCUT2D eigenvalue weighted by atomic mass is 10.1. The maximum atomic E-state index is 13.1. The van der Waals surface area contributed by atoms with Crippen LogP contribution in [-0.2, 0) is 16.1 Å². The summed E-state index contributed by atoms with van der Waals surface area (Å²) in [6.45, 7) is 3.25. The van der Waals surface area contributed by atoms with Gasteiger partial charge in [0.2, 0.25) is 0 Å². The standard InChI is InChI=1S/C22H25NO3/c1-17-15-26-22(23(17)21(24)19-10-6-3-7-11-19)13-12-20(14-22)25-16-18-8-4-2-5-9-18/h2-11,17,20H,12-16H2,1H3/t17-,20-,22+/m1/s1. The van der Waals surface area contributed by atoms with E-state index in [0.29, 0.717) is 13.2 Å². The van der Waals surface area contributed by atoms with Gasteiger partial charge < -0.3 is 14.4 Å². The number of benzene rings is 2. The van der Waals surface area contributed by atoms with Crippen molar-refractivity contribution in [2.75, 3.05) is 6.61 Å². The van der Waals surface area contributed by atoms with Crippen LogP contribution in [0.4, 0.5) is 0 Å². The zero-order valence-corrected chi connectivity index (χ0v) is 15.1. The second-order valence-electron chi connectivity index (χ2n) is 7.31. The zero-order chi connectivity index (χ0) is 18.0. The molecule has 1 saturated heterocycles. The van der Waals surface area contributed by atoms with Crippen LogP contribution in [-0.4, -0.2) is 35.3 Å². The number of carbonyl (C=O) groups is 1. The van der Waals surface area contributed by atoms with Gasteiger partial charge in [-0.15, -0.1) is 0 Å². The molecular weight excluding hydrogens is 326 g/mol. The van der Waals surface area contributed by atoms with Crippen LogP contribution in [0.3, 0.4) is 0 Å². The van der Waals surface area contributed by atoms with E-state index >= 15 is 0 Å². The van der Waals surface area contributed by atoms with Crippen molar-refractivity contribution in [3.05, 3.63) is 71.8 Å². The van der Waals surface area contributed by atoms with Crippen LogP contribution >= 0.6 is 0 Å². The second kappa shape index (κ2) is 7.22. The molecule has 0 bridgehead atoms. The second-order valence-corrected chi connectivity index (χ2v) is 7.31. The Balaban J connectivity index is 1.46. The molecule has 0 aromatic heterocycles. The van der Waals surface area contributed by atoms with Gasteiger partial charge in [-0.05, 0) is 37.5 Å². The molecule has 136 valence electrons. The lowest BCUT2D eigenvalue weighted by Gasteiger charge is -2.36. The van der Waals surface area contributed by atoms with Gasteiger partial charge in [0.15, 0.2) is 0 Å². The molecule has 0 N–H and O–H groups in total. The van der Waals surface area contributed by atoms with Gasteiger partial charge in [0.25, 0.3) is 5.91 Å².